The minimum Gasteiger partial charge on any atom is -0.366 e. The van der Waals surface area contributed by atoms with Crippen LogP contribution in [0.1, 0.15) is 33.5 Å². The van der Waals surface area contributed by atoms with Gasteiger partial charge < -0.3 is 14.7 Å². The van der Waals surface area contributed by atoms with E-state index < -0.39 is 10.0 Å². The van der Waals surface area contributed by atoms with Crippen LogP contribution in [0.2, 0.25) is 0 Å². The first-order chi connectivity index (χ1) is 22.0. The highest BCUT2D eigenvalue weighted by Gasteiger charge is 2.32. The number of carbonyl (C=O) groups excluding carboxylic acids is 1. The van der Waals surface area contributed by atoms with Crippen molar-refractivity contribution < 1.29 is 13.2 Å². The molecule has 9 nitrogen and oxygen atoms in total. The molecule has 7 rings (SSSR count). The van der Waals surface area contributed by atoms with Crippen LogP contribution in [-0.2, 0) is 16.4 Å². The van der Waals surface area contributed by atoms with E-state index in [1.807, 2.05) is 19.1 Å². The van der Waals surface area contributed by atoms with Crippen molar-refractivity contribution in [2.24, 2.45) is 0 Å². The summed E-state index contributed by atoms with van der Waals surface area (Å²) in [5, 5.41) is 0. The Morgan fingerprint density at radius 2 is 1.70 bits per heavy atom. The summed E-state index contributed by atoms with van der Waals surface area (Å²) in [5.41, 5.74) is 9.13. The summed E-state index contributed by atoms with van der Waals surface area (Å²) in [6, 6.07) is 18.9. The zero-order valence-electron chi connectivity index (χ0n) is 26.9. The van der Waals surface area contributed by atoms with E-state index in [2.05, 4.69) is 35.9 Å². The first kappa shape index (κ1) is 30.1. The zero-order chi connectivity index (χ0) is 32.3. The van der Waals surface area contributed by atoms with Crippen molar-refractivity contribution in [1.82, 2.24) is 23.7 Å². The number of anilines is 1. The van der Waals surface area contributed by atoms with Gasteiger partial charge in [0, 0.05) is 68.3 Å². The highest BCUT2D eigenvalue weighted by Crippen LogP contribution is 2.39. The average molecular weight is 635 g/mol. The lowest BCUT2D eigenvalue weighted by Crippen LogP contribution is -2.54. The van der Waals surface area contributed by atoms with Crippen LogP contribution in [-0.4, -0.2) is 84.9 Å². The molecule has 0 bridgehead atoms. The van der Waals surface area contributed by atoms with Crippen LogP contribution >= 0.6 is 0 Å². The van der Waals surface area contributed by atoms with Gasteiger partial charge in [-0.2, -0.15) is 0 Å². The molecule has 5 aromatic rings. The summed E-state index contributed by atoms with van der Waals surface area (Å²) in [4.78, 5) is 29.1. The molecule has 46 heavy (non-hydrogen) atoms. The number of rotatable bonds is 5. The third-order valence-corrected chi connectivity index (χ3v) is 10.9. The van der Waals surface area contributed by atoms with E-state index in [-0.39, 0.29) is 16.4 Å². The van der Waals surface area contributed by atoms with E-state index in [0.717, 1.165) is 49.2 Å². The summed E-state index contributed by atoms with van der Waals surface area (Å²) in [6.45, 7) is 7.24. The summed E-state index contributed by atoms with van der Waals surface area (Å²) >= 11 is 0. The lowest BCUT2D eigenvalue weighted by molar-refractivity contribution is 0.0827. The minimum atomic E-state index is -3.97. The predicted molar refractivity (Wildman–Crippen MR) is 182 cm³/mol. The first-order valence-electron chi connectivity index (χ1n) is 15.6. The summed E-state index contributed by atoms with van der Waals surface area (Å²) in [6.07, 6.45) is 5.39. The SMILES string of the molecule is Cc1ccc(S(=O)(=O)n2cc(-c3ccc(C(=O)N(C)C)cc3)c3nc(-c4cc(C)c5c(c4)CCC4CN(C)CCN54)cnc32)cc1. The molecule has 0 radical (unpaired) electrons. The fourth-order valence-electron chi connectivity index (χ4n) is 6.85. The van der Waals surface area contributed by atoms with Gasteiger partial charge in [0.15, 0.2) is 5.65 Å². The Morgan fingerprint density at radius 3 is 2.41 bits per heavy atom. The number of piperazine rings is 1. The van der Waals surface area contributed by atoms with Gasteiger partial charge in [0.2, 0.25) is 0 Å². The van der Waals surface area contributed by atoms with Crippen molar-refractivity contribution in [3.05, 3.63) is 95.3 Å². The van der Waals surface area contributed by atoms with Gasteiger partial charge in [-0.15, -0.1) is 0 Å². The predicted octanol–water partition coefficient (Wildman–Crippen LogP) is 5.39. The Balaban J connectivity index is 1.36. The number of aryl methyl sites for hydroxylation is 3. The number of fused-ring (bicyclic) bond motifs is 4. The van der Waals surface area contributed by atoms with Crippen molar-refractivity contribution in [3.63, 3.8) is 0 Å². The van der Waals surface area contributed by atoms with E-state index in [0.29, 0.717) is 28.4 Å². The Bertz CT molecular complexity index is 2090. The van der Waals surface area contributed by atoms with Gasteiger partial charge >= 0.3 is 0 Å². The van der Waals surface area contributed by atoms with Gasteiger partial charge in [-0.3, -0.25) is 4.79 Å². The molecule has 2 aromatic heterocycles. The highest BCUT2D eigenvalue weighted by atomic mass is 32.2. The molecule has 1 atom stereocenters. The fraction of sp³-hybridized carbons (Fsp3) is 0.306. The van der Waals surface area contributed by atoms with Crippen molar-refractivity contribution in [3.8, 4) is 22.4 Å². The van der Waals surface area contributed by atoms with Crippen LogP contribution in [0, 0.1) is 13.8 Å². The van der Waals surface area contributed by atoms with Gasteiger partial charge in [-0.1, -0.05) is 29.8 Å². The fourth-order valence-corrected chi connectivity index (χ4v) is 8.16. The van der Waals surface area contributed by atoms with E-state index in [4.69, 9.17) is 9.97 Å². The number of nitrogens with zero attached hydrogens (tertiary/aromatic N) is 6. The summed E-state index contributed by atoms with van der Waals surface area (Å²) in [5.74, 6) is -0.108. The van der Waals surface area contributed by atoms with Crippen molar-refractivity contribution in [1.29, 1.82) is 0 Å². The summed E-state index contributed by atoms with van der Waals surface area (Å²) < 4.78 is 29.1. The van der Waals surface area contributed by atoms with E-state index >= 15 is 0 Å². The monoisotopic (exact) mass is 634 g/mol. The topological polar surface area (TPSA) is 91.6 Å². The number of carbonyl (C=O) groups is 1. The largest absolute Gasteiger partial charge is 0.366 e. The van der Waals surface area contributed by atoms with Gasteiger partial charge in [0.25, 0.3) is 15.9 Å². The normalized spacial score (nSPS) is 16.7. The maximum absolute atomic E-state index is 14.0. The van der Waals surface area contributed by atoms with Gasteiger partial charge in [-0.25, -0.2) is 22.4 Å². The molecule has 10 heteroatoms. The second-order valence-corrected chi connectivity index (χ2v) is 14.6. The maximum Gasteiger partial charge on any atom is 0.269 e. The number of benzene rings is 3. The van der Waals surface area contributed by atoms with Crippen LogP contribution in [0.15, 0.2) is 78.0 Å². The number of hydrogen-bond donors (Lipinski definition) is 0. The smallest absolute Gasteiger partial charge is 0.269 e. The molecule has 236 valence electrons. The molecule has 1 fully saturated rings. The van der Waals surface area contributed by atoms with E-state index in [1.54, 1.807) is 62.9 Å². The molecule has 0 saturated carbocycles. The molecular weight excluding hydrogens is 597 g/mol. The molecule has 1 amide bonds. The summed E-state index contributed by atoms with van der Waals surface area (Å²) in [7, 11) is 1.65. The van der Waals surface area contributed by atoms with Gasteiger partial charge in [0.05, 0.1) is 16.8 Å². The average Bonchev–Trinajstić information content (AvgIpc) is 3.44. The third kappa shape index (κ3) is 5.15. The molecule has 3 aromatic carbocycles. The second kappa shape index (κ2) is 11.4. The Hall–Kier alpha value is -4.54. The zero-order valence-corrected chi connectivity index (χ0v) is 27.7. The van der Waals surface area contributed by atoms with Crippen molar-refractivity contribution in [2.75, 3.05) is 45.7 Å². The number of hydrogen-bond acceptors (Lipinski definition) is 7. The molecule has 0 spiro atoms. The first-order valence-corrected chi connectivity index (χ1v) is 17.1. The van der Waals surface area contributed by atoms with E-state index in [1.165, 1.54) is 25.7 Å². The van der Waals surface area contributed by atoms with Crippen LogP contribution in [0.3, 0.4) is 0 Å². The van der Waals surface area contributed by atoms with Gasteiger partial charge in [0.1, 0.15) is 5.52 Å². The maximum atomic E-state index is 14.0. The molecule has 1 unspecified atom stereocenters. The Kier molecular flexibility index (Phi) is 7.44. The quantitative estimate of drug-likeness (QED) is 0.256. The van der Waals surface area contributed by atoms with Gasteiger partial charge in [-0.05, 0) is 86.8 Å². The Labute approximate surface area is 270 Å². The van der Waals surface area contributed by atoms with Crippen LogP contribution in [0.5, 0.6) is 0 Å². The highest BCUT2D eigenvalue weighted by molar-refractivity contribution is 7.90. The lowest BCUT2D eigenvalue weighted by atomic mass is 9.89. The molecule has 1 saturated heterocycles. The molecular formula is C36H38N6O3S. The van der Waals surface area contributed by atoms with Crippen molar-refractivity contribution in [2.45, 2.75) is 37.6 Å². The second-order valence-electron chi connectivity index (χ2n) is 12.8. The minimum absolute atomic E-state index is 0.108. The number of amides is 1. The van der Waals surface area contributed by atoms with Crippen LogP contribution < -0.4 is 4.90 Å². The Morgan fingerprint density at radius 1 is 0.957 bits per heavy atom. The molecule has 0 aliphatic carbocycles. The molecule has 2 aliphatic heterocycles. The van der Waals surface area contributed by atoms with E-state index in [9.17, 15) is 13.2 Å². The third-order valence-electron chi connectivity index (χ3n) is 9.29. The van der Waals surface area contributed by atoms with Crippen molar-refractivity contribution >= 4 is 32.8 Å². The number of aromatic nitrogens is 3. The number of likely N-dealkylation sites (N-methyl/N-ethyl adjacent to an activating group) is 1. The lowest BCUT2D eigenvalue weighted by Gasteiger charge is -2.46. The molecule has 0 N–H and O–H groups in total. The van der Waals surface area contributed by atoms with Crippen LogP contribution in [0.25, 0.3) is 33.5 Å². The standard InChI is InChI=1S/C36H38N6O3S/c1-23-6-14-30(15-7-23)46(44,45)42-22-31(25-8-10-26(11-9-25)36(43)39(3)4)33-35(42)37-20-32(38-33)28-18-24(2)34-27(19-28)12-13-29-21-40(5)16-17-41(29)34/h6-11,14-15,18-20,22,29H,12-13,16-17,21H2,1-5H3. The molecule has 2 aliphatic rings. The molecule has 4 heterocycles. The van der Waals surface area contributed by atoms with Crippen LogP contribution in [0.4, 0.5) is 5.69 Å².